The van der Waals surface area contributed by atoms with E-state index in [1.807, 2.05) is 42.5 Å². The summed E-state index contributed by atoms with van der Waals surface area (Å²) in [6.45, 7) is 1.90. The standard InChI is InChI=1S/C21H16ClN3O3/c1-13-19(20(25-27-13)16-9-5-6-10-17(16)22)21(26)23-12-15-11-18(28-24-15)14-7-3-2-4-8-14/h2-11H,12H2,1H3,(H,23,26). The minimum atomic E-state index is -0.321. The van der Waals surface area contributed by atoms with Crippen molar-refractivity contribution in [3.05, 3.63) is 82.7 Å². The van der Waals surface area contributed by atoms with Crippen LogP contribution in [0.25, 0.3) is 22.6 Å². The Labute approximate surface area is 166 Å². The van der Waals surface area contributed by atoms with Gasteiger partial charge in [-0.1, -0.05) is 70.4 Å². The Morgan fingerprint density at radius 1 is 1.04 bits per heavy atom. The van der Waals surface area contributed by atoms with E-state index in [4.69, 9.17) is 20.6 Å². The lowest BCUT2D eigenvalue weighted by Crippen LogP contribution is -2.23. The van der Waals surface area contributed by atoms with E-state index in [2.05, 4.69) is 15.6 Å². The van der Waals surface area contributed by atoms with Crippen LogP contribution in [0.4, 0.5) is 0 Å². The summed E-state index contributed by atoms with van der Waals surface area (Å²) in [5.41, 5.74) is 2.92. The van der Waals surface area contributed by atoms with Crippen molar-refractivity contribution in [2.24, 2.45) is 0 Å². The summed E-state index contributed by atoms with van der Waals surface area (Å²) < 4.78 is 10.6. The van der Waals surface area contributed by atoms with Crippen LogP contribution >= 0.6 is 11.6 Å². The molecule has 1 amide bonds. The first-order valence-corrected chi connectivity index (χ1v) is 9.01. The summed E-state index contributed by atoms with van der Waals surface area (Å²) in [6, 6.07) is 18.6. The molecule has 0 atom stereocenters. The third-order valence-electron chi connectivity index (χ3n) is 4.27. The normalized spacial score (nSPS) is 10.8. The number of nitrogens with one attached hydrogen (secondary N) is 1. The van der Waals surface area contributed by atoms with Crippen molar-refractivity contribution < 1.29 is 13.8 Å². The Morgan fingerprint density at radius 3 is 2.57 bits per heavy atom. The molecule has 0 saturated carbocycles. The number of carbonyl (C=O) groups excluding carboxylic acids is 1. The van der Waals surface area contributed by atoms with E-state index < -0.39 is 0 Å². The maximum Gasteiger partial charge on any atom is 0.257 e. The molecule has 7 heteroatoms. The van der Waals surface area contributed by atoms with Gasteiger partial charge in [0.25, 0.3) is 5.91 Å². The third-order valence-corrected chi connectivity index (χ3v) is 4.60. The molecule has 0 aliphatic heterocycles. The van der Waals surface area contributed by atoms with Gasteiger partial charge in [0.2, 0.25) is 0 Å². The number of halogens is 1. The van der Waals surface area contributed by atoms with Gasteiger partial charge in [-0.15, -0.1) is 0 Å². The van der Waals surface area contributed by atoms with Gasteiger partial charge in [0.15, 0.2) is 5.76 Å². The third kappa shape index (κ3) is 3.54. The number of amides is 1. The highest BCUT2D eigenvalue weighted by Gasteiger charge is 2.23. The van der Waals surface area contributed by atoms with E-state index in [9.17, 15) is 4.79 Å². The van der Waals surface area contributed by atoms with E-state index in [0.29, 0.717) is 39.1 Å². The highest BCUT2D eigenvalue weighted by molar-refractivity contribution is 6.33. The Kier molecular flexibility index (Phi) is 4.95. The van der Waals surface area contributed by atoms with Crippen LogP contribution in [0.2, 0.25) is 5.02 Å². The average molecular weight is 394 g/mol. The molecule has 1 N–H and O–H groups in total. The lowest BCUT2D eigenvalue weighted by molar-refractivity contribution is 0.0949. The first-order valence-electron chi connectivity index (χ1n) is 8.64. The van der Waals surface area contributed by atoms with Crippen LogP contribution in [0.1, 0.15) is 21.8 Å². The zero-order chi connectivity index (χ0) is 19.5. The molecule has 0 radical (unpaired) electrons. The molecule has 0 saturated heterocycles. The first-order chi connectivity index (χ1) is 13.6. The largest absolute Gasteiger partial charge is 0.360 e. The van der Waals surface area contributed by atoms with Gasteiger partial charge in [0.05, 0.1) is 11.6 Å². The number of aromatic nitrogens is 2. The molecule has 0 unspecified atom stereocenters. The van der Waals surface area contributed by atoms with Crippen LogP contribution in [0.15, 0.2) is 69.7 Å². The molecular formula is C21H16ClN3O3. The van der Waals surface area contributed by atoms with Gasteiger partial charge in [-0.2, -0.15) is 0 Å². The zero-order valence-corrected chi connectivity index (χ0v) is 15.7. The smallest absolute Gasteiger partial charge is 0.257 e. The number of nitrogens with zero attached hydrogens (tertiary/aromatic N) is 2. The van der Waals surface area contributed by atoms with Crippen LogP contribution in [-0.4, -0.2) is 16.2 Å². The van der Waals surface area contributed by atoms with E-state index in [-0.39, 0.29) is 12.5 Å². The SMILES string of the molecule is Cc1onc(-c2ccccc2Cl)c1C(=O)NCc1cc(-c2ccccc2)on1. The first kappa shape index (κ1) is 18.0. The van der Waals surface area contributed by atoms with Crippen LogP contribution < -0.4 is 5.32 Å². The number of benzene rings is 2. The summed E-state index contributed by atoms with van der Waals surface area (Å²) in [7, 11) is 0. The lowest BCUT2D eigenvalue weighted by Gasteiger charge is -2.05. The number of carbonyl (C=O) groups is 1. The van der Waals surface area contributed by atoms with Crippen molar-refractivity contribution in [1.29, 1.82) is 0 Å². The minimum Gasteiger partial charge on any atom is -0.360 e. The Balaban J connectivity index is 1.52. The molecule has 2 heterocycles. The predicted molar refractivity (Wildman–Crippen MR) is 105 cm³/mol. The summed E-state index contributed by atoms with van der Waals surface area (Å²) in [4.78, 5) is 12.8. The van der Waals surface area contributed by atoms with Gasteiger partial charge >= 0.3 is 0 Å². The van der Waals surface area contributed by atoms with Crippen molar-refractivity contribution in [2.45, 2.75) is 13.5 Å². The Bertz CT molecular complexity index is 1120. The van der Waals surface area contributed by atoms with Gasteiger partial charge in [0.1, 0.15) is 22.7 Å². The minimum absolute atomic E-state index is 0.210. The second kappa shape index (κ2) is 7.70. The maximum absolute atomic E-state index is 12.8. The molecule has 0 aliphatic rings. The number of hydrogen-bond acceptors (Lipinski definition) is 5. The van der Waals surface area contributed by atoms with Crippen LogP contribution in [0.5, 0.6) is 0 Å². The molecule has 6 nitrogen and oxygen atoms in total. The topological polar surface area (TPSA) is 81.2 Å². The highest BCUT2D eigenvalue weighted by atomic mass is 35.5. The fourth-order valence-corrected chi connectivity index (χ4v) is 3.09. The fourth-order valence-electron chi connectivity index (χ4n) is 2.87. The molecule has 2 aromatic carbocycles. The molecule has 0 fully saturated rings. The summed E-state index contributed by atoms with van der Waals surface area (Å²) in [5, 5.41) is 11.4. The van der Waals surface area contributed by atoms with Gasteiger partial charge in [0, 0.05) is 17.2 Å². The predicted octanol–water partition coefficient (Wildman–Crippen LogP) is 4.89. The quantitative estimate of drug-likeness (QED) is 0.522. The molecule has 0 spiro atoms. The zero-order valence-electron chi connectivity index (χ0n) is 15.0. The second-order valence-electron chi connectivity index (χ2n) is 6.17. The van der Waals surface area contributed by atoms with Crippen molar-refractivity contribution in [3.63, 3.8) is 0 Å². The molecule has 2 aromatic heterocycles. The van der Waals surface area contributed by atoms with Crippen molar-refractivity contribution in [2.75, 3.05) is 0 Å². The monoisotopic (exact) mass is 393 g/mol. The molecular weight excluding hydrogens is 378 g/mol. The van der Waals surface area contributed by atoms with E-state index in [0.717, 1.165) is 5.56 Å². The van der Waals surface area contributed by atoms with Crippen molar-refractivity contribution >= 4 is 17.5 Å². The summed E-state index contributed by atoms with van der Waals surface area (Å²) in [5.74, 6) is 0.734. The Morgan fingerprint density at radius 2 is 1.79 bits per heavy atom. The van der Waals surface area contributed by atoms with E-state index >= 15 is 0 Å². The maximum atomic E-state index is 12.8. The molecule has 4 aromatic rings. The van der Waals surface area contributed by atoms with Crippen LogP contribution in [0, 0.1) is 6.92 Å². The van der Waals surface area contributed by atoms with Crippen molar-refractivity contribution in [1.82, 2.24) is 15.6 Å². The number of rotatable bonds is 5. The molecule has 140 valence electrons. The average Bonchev–Trinajstić information content (AvgIpc) is 3.34. The van der Waals surface area contributed by atoms with Crippen molar-refractivity contribution in [3.8, 4) is 22.6 Å². The molecule has 0 bridgehead atoms. The van der Waals surface area contributed by atoms with Gasteiger partial charge in [-0.05, 0) is 13.0 Å². The number of hydrogen-bond donors (Lipinski definition) is 1. The summed E-state index contributed by atoms with van der Waals surface area (Å²) >= 11 is 6.24. The van der Waals surface area contributed by atoms with Gasteiger partial charge in [-0.3, -0.25) is 4.79 Å². The van der Waals surface area contributed by atoms with Crippen LogP contribution in [0.3, 0.4) is 0 Å². The van der Waals surface area contributed by atoms with E-state index in [1.165, 1.54) is 0 Å². The van der Waals surface area contributed by atoms with E-state index in [1.54, 1.807) is 25.1 Å². The van der Waals surface area contributed by atoms with Gasteiger partial charge < -0.3 is 14.4 Å². The Hall–Kier alpha value is -3.38. The van der Waals surface area contributed by atoms with Crippen LogP contribution in [-0.2, 0) is 6.54 Å². The fraction of sp³-hybridized carbons (Fsp3) is 0.0952. The molecule has 4 rings (SSSR count). The summed E-state index contributed by atoms with van der Waals surface area (Å²) in [6.07, 6.45) is 0. The molecule has 28 heavy (non-hydrogen) atoms. The molecule has 0 aliphatic carbocycles. The van der Waals surface area contributed by atoms with Gasteiger partial charge in [-0.25, -0.2) is 0 Å². The lowest BCUT2D eigenvalue weighted by atomic mass is 10.1. The highest BCUT2D eigenvalue weighted by Crippen LogP contribution is 2.31. The second-order valence-corrected chi connectivity index (χ2v) is 6.58. The number of aryl methyl sites for hydroxylation is 1.